The molecule has 1 unspecified atom stereocenters. The Morgan fingerprint density at radius 2 is 2.09 bits per heavy atom. The molecule has 1 atom stereocenters. The summed E-state index contributed by atoms with van der Waals surface area (Å²) >= 11 is 1.74. The van der Waals surface area contributed by atoms with E-state index < -0.39 is 15.6 Å². The van der Waals surface area contributed by atoms with Crippen molar-refractivity contribution in [2.24, 2.45) is 4.99 Å². The fourth-order valence-corrected chi connectivity index (χ4v) is 3.85. The Balaban J connectivity index is 2.46. The van der Waals surface area contributed by atoms with Crippen molar-refractivity contribution >= 4 is 27.3 Å². The number of aliphatic imine (C=N–C) groups is 1. The molecule has 0 bridgehead atoms. The summed E-state index contributed by atoms with van der Waals surface area (Å²) in [7, 11) is -1.54. The maximum absolute atomic E-state index is 11.3. The van der Waals surface area contributed by atoms with Gasteiger partial charge < -0.3 is 10.6 Å². The molecule has 1 heterocycles. The van der Waals surface area contributed by atoms with Gasteiger partial charge in [0.15, 0.2) is 5.96 Å². The Hall–Kier alpha value is -1.12. The maximum Gasteiger partial charge on any atom is 0.209 e. The standard InChI is InChI=1S/C14H26N4O2S2/c1-11(12-7-6-8-21-12)9-16-13(15-4)17-10-14(2,3)18-22(5,19)20/h6-8,11,18H,9-10H2,1-5H3,(H2,15,16,17). The van der Waals surface area contributed by atoms with Gasteiger partial charge in [-0.1, -0.05) is 13.0 Å². The van der Waals surface area contributed by atoms with E-state index in [0.29, 0.717) is 18.4 Å². The van der Waals surface area contributed by atoms with E-state index >= 15 is 0 Å². The van der Waals surface area contributed by atoms with E-state index in [1.165, 1.54) is 4.88 Å². The predicted octanol–water partition coefficient (Wildman–Crippen LogP) is 1.34. The van der Waals surface area contributed by atoms with Crippen LogP contribution < -0.4 is 15.4 Å². The van der Waals surface area contributed by atoms with Crippen molar-refractivity contribution in [1.82, 2.24) is 15.4 Å². The van der Waals surface area contributed by atoms with E-state index in [0.717, 1.165) is 12.8 Å². The van der Waals surface area contributed by atoms with Gasteiger partial charge in [0.2, 0.25) is 10.0 Å². The second kappa shape index (κ2) is 7.94. The van der Waals surface area contributed by atoms with Crippen molar-refractivity contribution in [3.8, 4) is 0 Å². The third kappa shape index (κ3) is 7.24. The molecule has 1 aromatic heterocycles. The number of sulfonamides is 1. The molecule has 3 N–H and O–H groups in total. The van der Waals surface area contributed by atoms with Crippen LogP contribution in [0.3, 0.4) is 0 Å². The molecule has 0 amide bonds. The summed E-state index contributed by atoms with van der Waals surface area (Å²) in [5.41, 5.74) is -0.593. The minimum absolute atomic E-state index is 0.390. The lowest BCUT2D eigenvalue weighted by molar-refractivity contribution is 0.446. The number of rotatable bonds is 7. The first-order chi connectivity index (χ1) is 10.1. The van der Waals surface area contributed by atoms with Crippen molar-refractivity contribution in [1.29, 1.82) is 0 Å². The van der Waals surface area contributed by atoms with E-state index in [-0.39, 0.29) is 0 Å². The van der Waals surface area contributed by atoms with Gasteiger partial charge in [0.05, 0.1) is 6.26 Å². The van der Waals surface area contributed by atoms with Crippen LogP contribution in [0.2, 0.25) is 0 Å². The fourth-order valence-electron chi connectivity index (χ4n) is 1.99. The molecule has 0 aliphatic carbocycles. The number of hydrogen-bond acceptors (Lipinski definition) is 4. The van der Waals surface area contributed by atoms with E-state index in [4.69, 9.17) is 0 Å². The molecule has 0 aliphatic rings. The van der Waals surface area contributed by atoms with Crippen LogP contribution in [-0.2, 0) is 10.0 Å². The largest absolute Gasteiger partial charge is 0.356 e. The number of nitrogens with one attached hydrogen (secondary N) is 3. The molecule has 8 heteroatoms. The van der Waals surface area contributed by atoms with Crippen LogP contribution >= 0.6 is 11.3 Å². The molecule has 6 nitrogen and oxygen atoms in total. The molecule has 0 aliphatic heterocycles. The zero-order valence-electron chi connectivity index (χ0n) is 13.8. The molecule has 0 aromatic carbocycles. The highest BCUT2D eigenvalue weighted by molar-refractivity contribution is 7.88. The quantitative estimate of drug-likeness (QED) is 0.514. The Bertz CT molecular complexity index is 580. The van der Waals surface area contributed by atoms with E-state index in [9.17, 15) is 8.42 Å². The lowest BCUT2D eigenvalue weighted by Gasteiger charge is -2.26. The molecular weight excluding hydrogens is 320 g/mol. The molecule has 0 fully saturated rings. The first-order valence-electron chi connectivity index (χ1n) is 7.10. The SMILES string of the molecule is CN=C(NCC(C)c1cccs1)NCC(C)(C)NS(C)(=O)=O. The van der Waals surface area contributed by atoms with E-state index in [1.807, 2.05) is 19.9 Å². The van der Waals surface area contributed by atoms with Gasteiger partial charge in [0, 0.05) is 36.5 Å². The maximum atomic E-state index is 11.3. The topological polar surface area (TPSA) is 82.6 Å². The van der Waals surface area contributed by atoms with Crippen LogP contribution in [-0.4, -0.2) is 46.3 Å². The van der Waals surface area contributed by atoms with Crippen LogP contribution in [0.4, 0.5) is 0 Å². The third-order valence-electron chi connectivity index (χ3n) is 2.99. The second-order valence-corrected chi connectivity index (χ2v) is 8.71. The van der Waals surface area contributed by atoms with Crippen molar-refractivity contribution in [3.05, 3.63) is 22.4 Å². The summed E-state index contributed by atoms with van der Waals surface area (Å²) in [5.74, 6) is 1.05. The van der Waals surface area contributed by atoms with Crippen LogP contribution in [0.15, 0.2) is 22.5 Å². The van der Waals surface area contributed by atoms with Gasteiger partial charge in [-0.3, -0.25) is 4.99 Å². The molecule has 1 rings (SSSR count). The molecular formula is C14H26N4O2S2. The summed E-state index contributed by atoms with van der Waals surface area (Å²) in [4.78, 5) is 5.48. The van der Waals surface area contributed by atoms with Crippen molar-refractivity contribution in [2.45, 2.75) is 32.2 Å². The van der Waals surface area contributed by atoms with Gasteiger partial charge in [-0.05, 0) is 25.3 Å². The summed E-state index contributed by atoms with van der Waals surface area (Å²) in [5, 5.41) is 8.48. The third-order valence-corrected chi connectivity index (χ3v) is 5.01. The average molecular weight is 347 g/mol. The van der Waals surface area contributed by atoms with Crippen LogP contribution in [0.1, 0.15) is 31.6 Å². The Morgan fingerprint density at radius 1 is 1.41 bits per heavy atom. The fraction of sp³-hybridized carbons (Fsp3) is 0.643. The number of nitrogens with zero attached hydrogens (tertiary/aromatic N) is 1. The summed E-state index contributed by atoms with van der Waals surface area (Å²) in [6, 6.07) is 4.16. The first-order valence-corrected chi connectivity index (χ1v) is 9.87. The van der Waals surface area contributed by atoms with Crippen LogP contribution in [0.25, 0.3) is 0 Å². The van der Waals surface area contributed by atoms with Crippen molar-refractivity contribution < 1.29 is 8.42 Å². The lowest BCUT2D eigenvalue weighted by Crippen LogP contribution is -2.53. The molecule has 0 radical (unpaired) electrons. The zero-order chi connectivity index (χ0) is 16.8. The molecule has 22 heavy (non-hydrogen) atoms. The summed E-state index contributed by atoms with van der Waals surface area (Å²) in [6.07, 6.45) is 1.16. The summed E-state index contributed by atoms with van der Waals surface area (Å²) < 4.78 is 25.2. The Labute approximate surface area is 137 Å². The first kappa shape index (κ1) is 18.9. The highest BCUT2D eigenvalue weighted by Gasteiger charge is 2.22. The van der Waals surface area contributed by atoms with Gasteiger partial charge in [0.1, 0.15) is 0 Å². The number of hydrogen-bond donors (Lipinski definition) is 3. The highest BCUT2D eigenvalue weighted by Crippen LogP contribution is 2.19. The molecule has 1 aromatic rings. The van der Waals surface area contributed by atoms with Crippen molar-refractivity contribution in [2.75, 3.05) is 26.4 Å². The number of guanidine groups is 1. The minimum Gasteiger partial charge on any atom is -0.356 e. The predicted molar refractivity (Wildman–Crippen MR) is 94.2 cm³/mol. The normalized spacial score (nSPS) is 14.7. The van der Waals surface area contributed by atoms with E-state index in [2.05, 4.69) is 38.7 Å². The molecule has 126 valence electrons. The van der Waals surface area contributed by atoms with Gasteiger partial charge >= 0.3 is 0 Å². The summed E-state index contributed by atoms with van der Waals surface area (Å²) in [6.45, 7) is 7.00. The molecule has 0 spiro atoms. The number of thiophene rings is 1. The Kier molecular flexibility index (Phi) is 6.83. The Morgan fingerprint density at radius 3 is 2.59 bits per heavy atom. The van der Waals surface area contributed by atoms with E-state index in [1.54, 1.807) is 18.4 Å². The second-order valence-electron chi connectivity index (χ2n) is 5.98. The average Bonchev–Trinajstić information content (AvgIpc) is 2.89. The van der Waals surface area contributed by atoms with Gasteiger partial charge in [-0.15, -0.1) is 11.3 Å². The van der Waals surface area contributed by atoms with Gasteiger partial charge in [-0.2, -0.15) is 0 Å². The van der Waals surface area contributed by atoms with Gasteiger partial charge in [0.25, 0.3) is 0 Å². The molecule has 0 saturated carbocycles. The van der Waals surface area contributed by atoms with Gasteiger partial charge in [-0.25, -0.2) is 13.1 Å². The molecule has 0 saturated heterocycles. The van der Waals surface area contributed by atoms with Crippen LogP contribution in [0.5, 0.6) is 0 Å². The highest BCUT2D eigenvalue weighted by atomic mass is 32.2. The van der Waals surface area contributed by atoms with Crippen molar-refractivity contribution in [3.63, 3.8) is 0 Å². The monoisotopic (exact) mass is 346 g/mol. The zero-order valence-corrected chi connectivity index (χ0v) is 15.4. The minimum atomic E-state index is -3.24. The van der Waals surface area contributed by atoms with Crippen LogP contribution in [0, 0.1) is 0 Å². The smallest absolute Gasteiger partial charge is 0.209 e. The lowest BCUT2D eigenvalue weighted by atomic mass is 10.1.